The third kappa shape index (κ3) is 4.48. The summed E-state index contributed by atoms with van der Waals surface area (Å²) in [6.45, 7) is 2.11. The molecule has 5 heteroatoms. The predicted molar refractivity (Wildman–Crippen MR) is 88.6 cm³/mol. The minimum atomic E-state index is -0.599. The van der Waals surface area contributed by atoms with E-state index in [2.05, 4.69) is 21.2 Å². The van der Waals surface area contributed by atoms with Crippen molar-refractivity contribution < 1.29 is 9.53 Å². The smallest absolute Gasteiger partial charge is 0.333 e. The van der Waals surface area contributed by atoms with Gasteiger partial charge in [0.25, 0.3) is 0 Å². The average molecular weight is 369 g/mol. The number of ether oxygens (including phenoxy) is 1. The standard InChI is InChI=1S/C16H15BrClNO2/c1-2-21-16(20)15(11-5-3-7-13(18)9-11)19-14-8-4-6-12(17)10-14/h3-10,15,19H,2H2,1H3. The number of carbonyl (C=O) groups is 1. The van der Waals surface area contributed by atoms with Gasteiger partial charge in [-0.15, -0.1) is 0 Å². The number of carbonyl (C=O) groups excluding carboxylic acids is 1. The third-order valence-electron chi connectivity index (χ3n) is 2.84. The second kappa shape index (κ2) is 7.48. The number of benzene rings is 2. The molecule has 1 N–H and O–H groups in total. The van der Waals surface area contributed by atoms with Crippen LogP contribution < -0.4 is 5.32 Å². The van der Waals surface area contributed by atoms with Gasteiger partial charge in [-0.25, -0.2) is 4.79 Å². The van der Waals surface area contributed by atoms with Gasteiger partial charge in [-0.2, -0.15) is 0 Å². The van der Waals surface area contributed by atoms with Crippen LogP contribution >= 0.6 is 27.5 Å². The van der Waals surface area contributed by atoms with Gasteiger partial charge in [0.15, 0.2) is 6.04 Å². The highest BCUT2D eigenvalue weighted by Crippen LogP contribution is 2.25. The van der Waals surface area contributed by atoms with Gasteiger partial charge in [0.2, 0.25) is 0 Å². The molecule has 1 atom stereocenters. The Labute approximate surface area is 137 Å². The number of hydrogen-bond donors (Lipinski definition) is 1. The van der Waals surface area contributed by atoms with Crippen molar-refractivity contribution in [3.8, 4) is 0 Å². The van der Waals surface area contributed by atoms with Crippen molar-refractivity contribution in [2.45, 2.75) is 13.0 Å². The molecule has 2 aromatic carbocycles. The lowest BCUT2D eigenvalue weighted by molar-refractivity contribution is -0.144. The van der Waals surface area contributed by atoms with E-state index >= 15 is 0 Å². The van der Waals surface area contributed by atoms with E-state index in [-0.39, 0.29) is 5.97 Å². The molecule has 0 saturated carbocycles. The van der Waals surface area contributed by atoms with E-state index in [9.17, 15) is 4.79 Å². The van der Waals surface area contributed by atoms with E-state index in [4.69, 9.17) is 16.3 Å². The minimum Gasteiger partial charge on any atom is -0.464 e. The molecule has 0 amide bonds. The summed E-state index contributed by atoms with van der Waals surface area (Å²) in [5, 5.41) is 3.77. The highest BCUT2D eigenvalue weighted by molar-refractivity contribution is 9.10. The number of rotatable bonds is 5. The Morgan fingerprint density at radius 1 is 1.29 bits per heavy atom. The zero-order valence-corrected chi connectivity index (χ0v) is 13.8. The molecule has 21 heavy (non-hydrogen) atoms. The molecule has 1 unspecified atom stereocenters. The highest BCUT2D eigenvalue weighted by Gasteiger charge is 2.22. The van der Waals surface area contributed by atoms with Crippen molar-refractivity contribution in [3.63, 3.8) is 0 Å². The van der Waals surface area contributed by atoms with Crippen LogP contribution in [0.5, 0.6) is 0 Å². The van der Waals surface area contributed by atoms with Crippen LogP contribution in [0.15, 0.2) is 53.0 Å². The number of anilines is 1. The first-order valence-corrected chi connectivity index (χ1v) is 7.71. The molecular weight excluding hydrogens is 354 g/mol. The molecule has 0 aromatic heterocycles. The summed E-state index contributed by atoms with van der Waals surface area (Å²) >= 11 is 9.42. The van der Waals surface area contributed by atoms with Gasteiger partial charge >= 0.3 is 5.97 Å². The van der Waals surface area contributed by atoms with Gasteiger partial charge in [0.1, 0.15) is 0 Å². The maximum atomic E-state index is 12.2. The Morgan fingerprint density at radius 3 is 2.71 bits per heavy atom. The predicted octanol–water partition coefficient (Wildman–Crippen LogP) is 4.82. The Morgan fingerprint density at radius 2 is 2.05 bits per heavy atom. The van der Waals surface area contributed by atoms with Crippen molar-refractivity contribution in [3.05, 3.63) is 63.6 Å². The van der Waals surface area contributed by atoms with Gasteiger partial charge in [-0.3, -0.25) is 0 Å². The summed E-state index contributed by atoms with van der Waals surface area (Å²) in [7, 11) is 0. The Balaban J connectivity index is 2.30. The zero-order valence-electron chi connectivity index (χ0n) is 11.5. The molecule has 0 aliphatic carbocycles. The summed E-state index contributed by atoms with van der Waals surface area (Å²) in [4.78, 5) is 12.2. The molecule has 0 aliphatic rings. The van der Waals surface area contributed by atoms with Crippen molar-refractivity contribution in [1.29, 1.82) is 0 Å². The Hall–Kier alpha value is -1.52. The topological polar surface area (TPSA) is 38.3 Å². The van der Waals surface area contributed by atoms with Crippen molar-refractivity contribution in [2.24, 2.45) is 0 Å². The highest BCUT2D eigenvalue weighted by atomic mass is 79.9. The van der Waals surface area contributed by atoms with Crippen LogP contribution in [0.4, 0.5) is 5.69 Å². The van der Waals surface area contributed by atoms with E-state index in [0.29, 0.717) is 11.6 Å². The maximum Gasteiger partial charge on any atom is 0.333 e. The molecule has 0 fully saturated rings. The molecule has 0 heterocycles. The lowest BCUT2D eigenvalue weighted by Crippen LogP contribution is -2.23. The van der Waals surface area contributed by atoms with Gasteiger partial charge in [0.05, 0.1) is 6.61 Å². The minimum absolute atomic E-state index is 0.329. The molecule has 0 saturated heterocycles. The van der Waals surface area contributed by atoms with Gasteiger partial charge in [-0.1, -0.05) is 45.7 Å². The summed E-state index contributed by atoms with van der Waals surface area (Å²) in [5.41, 5.74) is 1.59. The van der Waals surface area contributed by atoms with Crippen molar-refractivity contribution >= 4 is 39.2 Å². The van der Waals surface area contributed by atoms with Crippen LogP contribution in [-0.4, -0.2) is 12.6 Å². The number of halogens is 2. The van der Waals surface area contributed by atoms with E-state index in [1.54, 1.807) is 19.1 Å². The molecule has 0 aliphatic heterocycles. The molecule has 2 rings (SSSR count). The fourth-order valence-electron chi connectivity index (χ4n) is 1.94. The fraction of sp³-hybridized carbons (Fsp3) is 0.188. The third-order valence-corrected chi connectivity index (χ3v) is 3.57. The van der Waals surface area contributed by atoms with Crippen LogP contribution in [0.2, 0.25) is 5.02 Å². The zero-order chi connectivity index (χ0) is 15.2. The number of esters is 1. The molecule has 0 spiro atoms. The molecular formula is C16H15BrClNO2. The first-order valence-electron chi connectivity index (χ1n) is 6.54. The molecule has 2 aromatic rings. The summed E-state index contributed by atoms with van der Waals surface area (Å²) < 4.78 is 6.08. The van der Waals surface area contributed by atoms with E-state index in [0.717, 1.165) is 15.7 Å². The fourth-order valence-corrected chi connectivity index (χ4v) is 2.53. The van der Waals surface area contributed by atoms with Crippen molar-refractivity contribution in [2.75, 3.05) is 11.9 Å². The van der Waals surface area contributed by atoms with Gasteiger partial charge in [0, 0.05) is 15.2 Å². The lowest BCUT2D eigenvalue weighted by Gasteiger charge is -2.19. The Kier molecular flexibility index (Phi) is 5.65. The van der Waals surface area contributed by atoms with Gasteiger partial charge in [-0.05, 0) is 42.8 Å². The summed E-state index contributed by atoms with van der Waals surface area (Å²) in [6, 6.07) is 14.2. The van der Waals surface area contributed by atoms with Crippen LogP contribution in [0.25, 0.3) is 0 Å². The first kappa shape index (κ1) is 15.9. The normalized spacial score (nSPS) is 11.8. The summed E-state index contributed by atoms with van der Waals surface area (Å²) in [5.74, 6) is -0.334. The number of nitrogens with one attached hydrogen (secondary N) is 1. The second-order valence-corrected chi connectivity index (χ2v) is 5.75. The van der Waals surface area contributed by atoms with E-state index in [1.165, 1.54) is 0 Å². The Bertz CT molecular complexity index is 633. The lowest BCUT2D eigenvalue weighted by atomic mass is 10.1. The largest absolute Gasteiger partial charge is 0.464 e. The second-order valence-electron chi connectivity index (χ2n) is 4.39. The van der Waals surface area contributed by atoms with Crippen LogP contribution in [0.3, 0.4) is 0 Å². The van der Waals surface area contributed by atoms with Gasteiger partial charge < -0.3 is 10.1 Å². The van der Waals surface area contributed by atoms with Crippen molar-refractivity contribution in [1.82, 2.24) is 0 Å². The average Bonchev–Trinajstić information content (AvgIpc) is 2.45. The summed E-state index contributed by atoms with van der Waals surface area (Å²) in [6.07, 6.45) is 0. The van der Waals surface area contributed by atoms with E-state index in [1.807, 2.05) is 36.4 Å². The quantitative estimate of drug-likeness (QED) is 0.769. The van der Waals surface area contributed by atoms with Crippen LogP contribution in [0.1, 0.15) is 18.5 Å². The van der Waals surface area contributed by atoms with Crippen LogP contribution in [-0.2, 0) is 9.53 Å². The molecule has 110 valence electrons. The monoisotopic (exact) mass is 367 g/mol. The maximum absolute atomic E-state index is 12.2. The van der Waals surface area contributed by atoms with Crippen LogP contribution in [0, 0.1) is 0 Å². The first-order chi connectivity index (χ1) is 10.1. The molecule has 0 radical (unpaired) electrons. The SMILES string of the molecule is CCOC(=O)C(Nc1cccc(Br)c1)c1cccc(Cl)c1. The molecule has 3 nitrogen and oxygen atoms in total. The van der Waals surface area contributed by atoms with E-state index < -0.39 is 6.04 Å². The molecule has 0 bridgehead atoms. The number of hydrogen-bond acceptors (Lipinski definition) is 3.